The number of benzene rings is 1. The molecule has 0 radical (unpaired) electrons. The first-order valence-electron chi connectivity index (χ1n) is 11.6. The Balaban J connectivity index is 1.37. The predicted molar refractivity (Wildman–Crippen MR) is 115 cm³/mol. The van der Waals surface area contributed by atoms with E-state index in [0.717, 1.165) is 28.9 Å². The summed E-state index contributed by atoms with van der Waals surface area (Å²) < 4.78 is 13.8. The summed E-state index contributed by atoms with van der Waals surface area (Å²) >= 11 is 0. The Kier molecular flexibility index (Phi) is 7.97. The molecule has 0 bridgehead atoms. The fourth-order valence-electron chi connectivity index (χ4n) is 5.18. The molecule has 1 heteroatoms. The van der Waals surface area contributed by atoms with E-state index in [1.54, 1.807) is 6.07 Å². The zero-order valence-corrected chi connectivity index (χ0v) is 17.6. The molecule has 0 N–H and O–H groups in total. The lowest BCUT2D eigenvalue weighted by atomic mass is 9.76. The van der Waals surface area contributed by atoms with Crippen LogP contribution in [0.1, 0.15) is 101 Å². The van der Waals surface area contributed by atoms with Gasteiger partial charge in [0.05, 0.1) is 0 Å². The predicted octanol–water partition coefficient (Wildman–Crippen LogP) is 8.35. The molecule has 1 aromatic rings. The maximum Gasteiger partial charge on any atom is 0.126 e. The first kappa shape index (κ1) is 20.6. The van der Waals surface area contributed by atoms with Gasteiger partial charge in [0.15, 0.2) is 0 Å². The van der Waals surface area contributed by atoms with Crippen molar-refractivity contribution in [2.24, 2.45) is 17.8 Å². The van der Waals surface area contributed by atoms with Crippen molar-refractivity contribution in [1.82, 2.24) is 0 Å². The van der Waals surface area contributed by atoms with Crippen LogP contribution in [0.3, 0.4) is 0 Å². The van der Waals surface area contributed by atoms with Gasteiger partial charge in [0, 0.05) is 5.92 Å². The van der Waals surface area contributed by atoms with Crippen LogP contribution >= 0.6 is 0 Å². The van der Waals surface area contributed by atoms with Crippen LogP contribution < -0.4 is 0 Å². The third kappa shape index (κ3) is 6.19. The minimum atomic E-state index is -0.0617. The van der Waals surface area contributed by atoms with Gasteiger partial charge in [-0.1, -0.05) is 82.6 Å². The number of halogens is 1. The molecular weight excluding hydrogens is 331 g/mol. The van der Waals surface area contributed by atoms with Crippen molar-refractivity contribution in [3.8, 4) is 0 Å². The van der Waals surface area contributed by atoms with Crippen molar-refractivity contribution in [3.05, 3.63) is 47.3 Å². The Labute approximate surface area is 166 Å². The maximum absolute atomic E-state index is 13.8. The molecule has 0 saturated heterocycles. The lowest BCUT2D eigenvalue weighted by molar-refractivity contribution is 0.238. The summed E-state index contributed by atoms with van der Waals surface area (Å²) in [6, 6.07) is 5.76. The summed E-state index contributed by atoms with van der Waals surface area (Å²) in [5.41, 5.74) is 1.89. The van der Waals surface area contributed by atoms with Crippen LogP contribution in [0.5, 0.6) is 0 Å². The Hall–Kier alpha value is -1.11. The summed E-state index contributed by atoms with van der Waals surface area (Å²) in [6.45, 7) is 4.14. The van der Waals surface area contributed by atoms with E-state index in [9.17, 15) is 4.39 Å². The van der Waals surface area contributed by atoms with Gasteiger partial charge in [-0.15, -0.1) is 0 Å². The molecule has 2 atom stereocenters. The fourth-order valence-corrected chi connectivity index (χ4v) is 5.18. The van der Waals surface area contributed by atoms with E-state index in [1.165, 1.54) is 77.0 Å². The Morgan fingerprint density at radius 2 is 1.59 bits per heavy atom. The number of unbranched alkanes of at least 4 members (excludes halogenated alkanes) is 2. The quantitative estimate of drug-likeness (QED) is 0.318. The zero-order valence-electron chi connectivity index (χ0n) is 17.6. The molecule has 0 aromatic heterocycles. The molecule has 3 rings (SSSR count). The molecule has 27 heavy (non-hydrogen) atoms. The number of hydrogen-bond acceptors (Lipinski definition) is 0. The summed E-state index contributed by atoms with van der Waals surface area (Å²) in [7, 11) is 0. The second-order valence-electron chi connectivity index (χ2n) is 9.30. The van der Waals surface area contributed by atoms with Gasteiger partial charge in [0.25, 0.3) is 0 Å². The Bertz CT molecular complexity index is 594. The largest absolute Gasteiger partial charge is 0.207 e. The molecule has 150 valence electrons. The molecule has 1 aromatic carbocycles. The second-order valence-corrected chi connectivity index (χ2v) is 9.30. The van der Waals surface area contributed by atoms with E-state index in [2.05, 4.69) is 25.1 Å². The van der Waals surface area contributed by atoms with Crippen molar-refractivity contribution < 1.29 is 4.39 Å². The average Bonchev–Trinajstić information content (AvgIpc) is 2.70. The second kappa shape index (κ2) is 10.4. The molecule has 2 aliphatic carbocycles. The van der Waals surface area contributed by atoms with E-state index in [1.807, 2.05) is 13.0 Å². The highest BCUT2D eigenvalue weighted by Crippen LogP contribution is 2.37. The maximum atomic E-state index is 13.8. The van der Waals surface area contributed by atoms with Gasteiger partial charge < -0.3 is 0 Å². The highest BCUT2D eigenvalue weighted by Gasteiger charge is 2.23. The molecule has 0 spiro atoms. The van der Waals surface area contributed by atoms with Gasteiger partial charge in [-0.25, -0.2) is 4.39 Å². The topological polar surface area (TPSA) is 0 Å². The lowest BCUT2D eigenvalue weighted by Crippen LogP contribution is -2.16. The highest BCUT2D eigenvalue weighted by atomic mass is 19.1. The minimum Gasteiger partial charge on any atom is -0.207 e. The van der Waals surface area contributed by atoms with Crippen LogP contribution in [-0.2, 0) is 0 Å². The Morgan fingerprint density at radius 1 is 0.852 bits per heavy atom. The van der Waals surface area contributed by atoms with Crippen LogP contribution in [0, 0.1) is 30.5 Å². The third-order valence-corrected chi connectivity index (χ3v) is 7.22. The number of aryl methyl sites for hydroxylation is 1. The molecule has 2 aliphatic rings. The third-order valence-electron chi connectivity index (χ3n) is 7.22. The SMILES string of the molecule is CCCCCC1CCC(CCC2C=CC(c3ccc(C)c(F)c3)CC2)CC1. The number of allylic oxidation sites excluding steroid dienone is 2. The molecule has 0 heterocycles. The standard InChI is InChI=1S/C26H39F/c1-3-4-5-6-21-8-10-22(11-9-21)12-13-23-14-17-24(18-15-23)25-16-7-20(2)26(27)19-25/h7,14,16-17,19,21-24H,3-6,8-13,15,18H2,1-2H3. The smallest absolute Gasteiger partial charge is 0.126 e. The summed E-state index contributed by atoms with van der Waals surface area (Å²) in [4.78, 5) is 0. The molecule has 2 unspecified atom stereocenters. The number of rotatable bonds is 8. The lowest BCUT2D eigenvalue weighted by Gasteiger charge is -2.30. The van der Waals surface area contributed by atoms with Crippen molar-refractivity contribution in [2.45, 2.75) is 96.8 Å². The van der Waals surface area contributed by atoms with Gasteiger partial charge >= 0.3 is 0 Å². The van der Waals surface area contributed by atoms with Gasteiger partial charge in [-0.3, -0.25) is 0 Å². The molecule has 1 saturated carbocycles. The fraction of sp³-hybridized carbons (Fsp3) is 0.692. The van der Waals surface area contributed by atoms with Crippen LogP contribution in [0.2, 0.25) is 0 Å². The monoisotopic (exact) mass is 370 g/mol. The van der Waals surface area contributed by atoms with Crippen LogP contribution in [0.4, 0.5) is 4.39 Å². The summed E-state index contributed by atoms with van der Waals surface area (Å²) in [5, 5.41) is 0. The van der Waals surface area contributed by atoms with E-state index in [0.29, 0.717) is 5.92 Å². The minimum absolute atomic E-state index is 0.0617. The molecule has 0 amide bonds. The summed E-state index contributed by atoms with van der Waals surface area (Å²) in [6.07, 6.45) is 21.6. The van der Waals surface area contributed by atoms with Gasteiger partial charge in [-0.2, -0.15) is 0 Å². The van der Waals surface area contributed by atoms with Crippen molar-refractivity contribution in [3.63, 3.8) is 0 Å². The highest BCUT2D eigenvalue weighted by molar-refractivity contribution is 5.29. The van der Waals surface area contributed by atoms with E-state index in [-0.39, 0.29) is 5.82 Å². The Morgan fingerprint density at radius 3 is 2.22 bits per heavy atom. The molecular formula is C26H39F. The van der Waals surface area contributed by atoms with Crippen LogP contribution in [-0.4, -0.2) is 0 Å². The molecule has 0 aliphatic heterocycles. The van der Waals surface area contributed by atoms with Gasteiger partial charge in [0.1, 0.15) is 5.82 Å². The first-order valence-corrected chi connectivity index (χ1v) is 11.6. The van der Waals surface area contributed by atoms with Crippen LogP contribution in [0.25, 0.3) is 0 Å². The number of hydrogen-bond donors (Lipinski definition) is 0. The van der Waals surface area contributed by atoms with Crippen LogP contribution in [0.15, 0.2) is 30.4 Å². The van der Waals surface area contributed by atoms with E-state index >= 15 is 0 Å². The van der Waals surface area contributed by atoms with Crippen molar-refractivity contribution >= 4 is 0 Å². The van der Waals surface area contributed by atoms with Gasteiger partial charge in [-0.05, 0) is 67.6 Å². The van der Waals surface area contributed by atoms with Crippen molar-refractivity contribution in [1.29, 1.82) is 0 Å². The zero-order chi connectivity index (χ0) is 19.1. The van der Waals surface area contributed by atoms with Crippen molar-refractivity contribution in [2.75, 3.05) is 0 Å². The first-order chi connectivity index (χ1) is 13.2. The average molecular weight is 371 g/mol. The normalized spacial score (nSPS) is 28.4. The van der Waals surface area contributed by atoms with Gasteiger partial charge in [0.2, 0.25) is 0 Å². The molecule has 1 fully saturated rings. The van der Waals surface area contributed by atoms with E-state index in [4.69, 9.17) is 0 Å². The summed E-state index contributed by atoms with van der Waals surface area (Å²) in [5.74, 6) is 3.10. The van der Waals surface area contributed by atoms with E-state index < -0.39 is 0 Å². The molecule has 0 nitrogen and oxygen atoms in total.